The number of carbonyl (C=O) groups excluding carboxylic acids is 5. The summed E-state index contributed by atoms with van der Waals surface area (Å²) >= 11 is 6.22. The van der Waals surface area contributed by atoms with Gasteiger partial charge in [0.15, 0.2) is 0 Å². The molecule has 0 unspecified atom stereocenters. The predicted octanol–water partition coefficient (Wildman–Crippen LogP) is 4.17. The molecule has 50 heavy (non-hydrogen) atoms. The maximum absolute atomic E-state index is 14.5. The Bertz CT molecular complexity index is 1680. The van der Waals surface area contributed by atoms with Gasteiger partial charge in [-0.1, -0.05) is 76.0 Å². The molecule has 2 aliphatic heterocycles. The van der Waals surface area contributed by atoms with Gasteiger partial charge in [0.1, 0.15) is 30.1 Å². The summed E-state index contributed by atoms with van der Waals surface area (Å²) < 4.78 is 19.4. The molecule has 4 N–H and O–H groups in total. The summed E-state index contributed by atoms with van der Waals surface area (Å²) in [6.45, 7) is 6.61. The van der Waals surface area contributed by atoms with Crippen LogP contribution in [0.25, 0.3) is 5.70 Å². The number of ether oxygens (including phenoxy) is 1. The second kappa shape index (κ2) is 15.2. The fraction of sp³-hybridized carbons (Fsp3) is 0.472. The van der Waals surface area contributed by atoms with Crippen molar-refractivity contribution in [3.8, 4) is 0 Å². The Labute approximate surface area is 295 Å². The summed E-state index contributed by atoms with van der Waals surface area (Å²) in [5.41, 5.74) is 2.33. The zero-order chi connectivity index (χ0) is 36.2. The Kier molecular flexibility index (Phi) is 11.2. The van der Waals surface area contributed by atoms with Crippen LogP contribution in [-0.2, 0) is 35.4 Å². The highest BCUT2D eigenvalue weighted by Crippen LogP contribution is 2.39. The first-order valence-corrected chi connectivity index (χ1v) is 17.1. The number of ketones is 1. The molecule has 0 radical (unpaired) electrons. The average molecular weight is 712 g/mol. The fourth-order valence-electron chi connectivity index (χ4n) is 6.02. The van der Waals surface area contributed by atoms with Gasteiger partial charge in [-0.05, 0) is 49.0 Å². The lowest BCUT2D eigenvalue weighted by molar-refractivity contribution is -0.144. The molecule has 4 atom stereocenters. The summed E-state index contributed by atoms with van der Waals surface area (Å²) in [5.74, 6) is -3.31. The Morgan fingerprint density at radius 2 is 1.84 bits per heavy atom. The van der Waals surface area contributed by atoms with Crippen LogP contribution in [0.15, 0.2) is 54.6 Å². The number of benzene rings is 2. The molecule has 1 spiro atoms. The molecule has 4 amide bonds. The van der Waals surface area contributed by atoms with E-state index in [1.807, 2.05) is 13.0 Å². The van der Waals surface area contributed by atoms with Gasteiger partial charge in [-0.25, -0.2) is 9.18 Å². The van der Waals surface area contributed by atoms with Crippen LogP contribution in [0.2, 0.25) is 5.02 Å². The van der Waals surface area contributed by atoms with Gasteiger partial charge in [0.05, 0.1) is 18.3 Å². The molecule has 268 valence electrons. The van der Waals surface area contributed by atoms with Crippen molar-refractivity contribution in [3.05, 3.63) is 76.6 Å². The average Bonchev–Trinajstić information content (AvgIpc) is 3.66. The molecule has 1 saturated carbocycles. The predicted molar refractivity (Wildman–Crippen MR) is 182 cm³/mol. The summed E-state index contributed by atoms with van der Waals surface area (Å²) in [6.07, 6.45) is 3.14. The molecule has 2 aromatic carbocycles. The summed E-state index contributed by atoms with van der Waals surface area (Å²) in [5, 5.41) is 8.54. The normalized spacial score (nSPS) is 21.1. The molecule has 2 fully saturated rings. The van der Waals surface area contributed by atoms with Crippen LogP contribution in [0.4, 0.5) is 9.18 Å². The lowest BCUT2D eigenvalue weighted by Gasteiger charge is -2.35. The lowest BCUT2D eigenvalue weighted by Crippen LogP contribution is -2.59. The highest BCUT2D eigenvalue weighted by atomic mass is 35.5. The van der Waals surface area contributed by atoms with E-state index in [2.05, 4.69) is 21.4 Å². The van der Waals surface area contributed by atoms with Crippen LogP contribution in [0.1, 0.15) is 70.9 Å². The Morgan fingerprint density at radius 3 is 2.50 bits per heavy atom. The van der Waals surface area contributed by atoms with E-state index >= 15 is 0 Å². The number of Topliss-reactive ketones (excluding diaryl/α,β-unsaturated/α-hetero) is 1. The first-order chi connectivity index (χ1) is 23.7. The molecule has 0 bridgehead atoms. The molecule has 12 nitrogen and oxygen atoms in total. The molecule has 2 heterocycles. The monoisotopic (exact) mass is 711 g/mol. The number of hydrogen-bond donors (Lipinski definition) is 4. The molecule has 0 aromatic heterocycles. The number of nitrogens with one attached hydrogen (secondary N) is 4. The van der Waals surface area contributed by atoms with Gasteiger partial charge >= 0.3 is 6.09 Å². The van der Waals surface area contributed by atoms with Crippen LogP contribution in [0.5, 0.6) is 0 Å². The van der Waals surface area contributed by atoms with Gasteiger partial charge in [0, 0.05) is 28.6 Å². The number of alkyl carbamates (subject to hydrolysis) is 1. The van der Waals surface area contributed by atoms with Gasteiger partial charge in [-0.15, -0.1) is 0 Å². The van der Waals surface area contributed by atoms with E-state index < -0.39 is 64.6 Å². The van der Waals surface area contributed by atoms with E-state index in [9.17, 15) is 28.4 Å². The number of amides is 4. The second-order valence-corrected chi connectivity index (χ2v) is 14.5. The SMILES string of the molecule is CCC[C@H](NC(=O)[C@@H]1C[C@]2(C=C(c3cccc(Cl)c3)NO2)CN1C(=O)[C@@H](NC(=O)OCc1ccccc1F)C(C)(C)C)C(=O)C(=O)NC1CC1. The first kappa shape index (κ1) is 36.8. The largest absolute Gasteiger partial charge is 0.445 e. The van der Waals surface area contributed by atoms with Crippen molar-refractivity contribution in [2.24, 2.45) is 5.41 Å². The third-order valence-electron chi connectivity index (χ3n) is 8.88. The highest BCUT2D eigenvalue weighted by Gasteiger charge is 2.54. The van der Waals surface area contributed by atoms with Crippen molar-refractivity contribution in [2.75, 3.05) is 6.54 Å². The molecule has 1 saturated heterocycles. The summed E-state index contributed by atoms with van der Waals surface area (Å²) in [4.78, 5) is 74.7. The Balaban J connectivity index is 1.40. The van der Waals surface area contributed by atoms with Crippen LogP contribution in [0.3, 0.4) is 0 Å². The minimum Gasteiger partial charge on any atom is -0.445 e. The van der Waals surface area contributed by atoms with Gasteiger partial charge in [0.2, 0.25) is 17.6 Å². The quantitative estimate of drug-likeness (QED) is 0.239. The van der Waals surface area contributed by atoms with Crippen molar-refractivity contribution in [3.63, 3.8) is 0 Å². The first-order valence-electron chi connectivity index (χ1n) is 16.7. The number of hydrogen-bond acceptors (Lipinski definition) is 8. The minimum absolute atomic E-state index is 0.00244. The molecule has 2 aromatic rings. The van der Waals surface area contributed by atoms with E-state index in [0.717, 1.165) is 18.4 Å². The maximum Gasteiger partial charge on any atom is 0.408 e. The number of rotatable bonds is 12. The Morgan fingerprint density at radius 1 is 1.10 bits per heavy atom. The van der Waals surface area contributed by atoms with Crippen LogP contribution in [0, 0.1) is 11.2 Å². The molecule has 14 heteroatoms. The lowest BCUT2D eigenvalue weighted by atomic mass is 9.85. The van der Waals surface area contributed by atoms with Gasteiger partial charge in [-0.3, -0.25) is 29.5 Å². The second-order valence-electron chi connectivity index (χ2n) is 14.1. The minimum atomic E-state index is -1.19. The number of nitrogens with zero attached hydrogens (tertiary/aromatic N) is 1. The Hall–Kier alpha value is -4.49. The molecular weight excluding hydrogens is 669 g/mol. The van der Waals surface area contributed by atoms with Crippen molar-refractivity contribution in [1.82, 2.24) is 26.3 Å². The molecule has 1 aliphatic carbocycles. The van der Waals surface area contributed by atoms with Crippen LogP contribution in [-0.4, -0.2) is 70.8 Å². The fourth-order valence-corrected chi connectivity index (χ4v) is 6.21. The van der Waals surface area contributed by atoms with E-state index in [1.165, 1.54) is 23.1 Å². The molecular formula is C36H43ClFN5O7. The topological polar surface area (TPSA) is 155 Å². The van der Waals surface area contributed by atoms with Crippen LogP contribution >= 0.6 is 11.6 Å². The van der Waals surface area contributed by atoms with Crippen molar-refractivity contribution in [2.45, 2.75) is 96.2 Å². The molecule has 3 aliphatic rings. The molecule has 5 rings (SSSR count). The standard InChI is InChI=1S/C36H43ClFN5O7/c1-5-9-26(29(44)32(46)39-24-14-15-24)40-31(45)28-18-36(17-27(42-50-36)21-11-8-12-23(37)16-21)20-43(28)33(47)30(35(2,3)4)41-34(48)49-19-22-10-6-7-13-25(22)38/h6-8,10-13,16-17,24,26,28,30,42H,5,9,14-15,18-20H2,1-4H3,(H,39,46)(H,40,45)(H,41,48)/t26-,28-,30+,36+/m0/s1. The third-order valence-corrected chi connectivity index (χ3v) is 9.12. The highest BCUT2D eigenvalue weighted by molar-refractivity contribution is 6.38. The zero-order valence-electron chi connectivity index (χ0n) is 28.5. The van der Waals surface area contributed by atoms with Gasteiger partial charge in [0.25, 0.3) is 5.91 Å². The van der Waals surface area contributed by atoms with E-state index in [-0.39, 0.29) is 37.6 Å². The smallest absolute Gasteiger partial charge is 0.408 e. The van der Waals surface area contributed by atoms with E-state index in [1.54, 1.807) is 51.1 Å². The summed E-state index contributed by atoms with van der Waals surface area (Å²) in [6, 6.07) is 9.44. The maximum atomic E-state index is 14.5. The van der Waals surface area contributed by atoms with Crippen molar-refractivity contribution in [1.29, 1.82) is 0 Å². The van der Waals surface area contributed by atoms with E-state index in [0.29, 0.717) is 17.1 Å². The number of halogens is 2. The van der Waals surface area contributed by atoms with Crippen molar-refractivity contribution >= 4 is 46.9 Å². The van der Waals surface area contributed by atoms with Crippen LogP contribution < -0.4 is 21.4 Å². The number of carbonyl (C=O) groups is 5. The van der Waals surface area contributed by atoms with Crippen molar-refractivity contribution < 1.29 is 37.9 Å². The number of likely N-dealkylation sites (tertiary alicyclic amines) is 1. The third kappa shape index (κ3) is 8.80. The van der Waals surface area contributed by atoms with Gasteiger partial charge < -0.3 is 25.6 Å². The zero-order valence-corrected chi connectivity index (χ0v) is 29.3. The van der Waals surface area contributed by atoms with E-state index in [4.69, 9.17) is 21.2 Å². The number of hydroxylamine groups is 1. The summed E-state index contributed by atoms with van der Waals surface area (Å²) in [7, 11) is 0. The van der Waals surface area contributed by atoms with Gasteiger partial charge in [-0.2, -0.15) is 0 Å².